The molecule has 286 valence electrons. The van der Waals surface area contributed by atoms with Crippen molar-refractivity contribution >= 4 is 75.3 Å². The number of carbonyl (C=O) groups is 4. The van der Waals surface area contributed by atoms with Gasteiger partial charge in [0.05, 0.1) is 47.3 Å². The van der Waals surface area contributed by atoms with Crippen molar-refractivity contribution in [2.24, 2.45) is 17.8 Å². The largest absolute Gasteiger partial charge is 0.508 e. The number of hydrogen-bond acceptors (Lipinski definition) is 12. The number of imide groups is 2. The summed E-state index contributed by atoms with van der Waals surface area (Å²) >= 11 is 14.9. The van der Waals surface area contributed by atoms with Crippen LogP contribution in [0.3, 0.4) is 0 Å². The Hall–Kier alpha value is -5.81. The molecular weight excluding hydrogens is 768 g/mol. The lowest BCUT2D eigenvalue weighted by atomic mass is 9.56. The molecule has 0 radical (unpaired) electrons. The van der Waals surface area contributed by atoms with Gasteiger partial charge in [0.2, 0.25) is 11.8 Å². The second-order valence-corrected chi connectivity index (χ2v) is 15.0. The Balaban J connectivity index is 1.43. The number of nitro groups is 2. The summed E-state index contributed by atoms with van der Waals surface area (Å²) in [6.07, 6.45) is 1.01. The third-order valence-electron chi connectivity index (χ3n) is 10.9. The molecule has 0 spiro atoms. The highest BCUT2D eigenvalue weighted by Gasteiger charge is 2.77. The Bertz CT molecular complexity index is 2230. The van der Waals surface area contributed by atoms with Gasteiger partial charge in [-0.3, -0.25) is 39.4 Å². The molecule has 3 aromatic carbocycles. The predicted octanol–water partition coefficient (Wildman–Crippen LogP) is 5.20. The summed E-state index contributed by atoms with van der Waals surface area (Å²) in [6, 6.07) is 8.73. The summed E-state index contributed by atoms with van der Waals surface area (Å²) in [7, 11) is 5.29. The van der Waals surface area contributed by atoms with Crippen LogP contribution in [0.4, 0.5) is 32.8 Å². The zero-order chi connectivity index (χ0) is 40.0. The van der Waals surface area contributed by atoms with Gasteiger partial charge in [-0.1, -0.05) is 11.6 Å². The monoisotopic (exact) mass is 797 g/mol. The molecule has 3 fully saturated rings. The van der Waals surface area contributed by atoms with E-state index in [9.17, 15) is 48.9 Å². The number of methoxy groups -OCH3 is 2. The number of benzene rings is 3. The molecule has 0 bridgehead atoms. The first-order chi connectivity index (χ1) is 25.9. The lowest BCUT2D eigenvalue weighted by Crippen LogP contribution is -2.60. The normalized spacial score (nSPS) is 27.0. The predicted molar refractivity (Wildman–Crippen MR) is 194 cm³/mol. The number of hydrogen-bond donors (Lipinski definition) is 1. The number of alkyl halides is 2. The fraction of sp³-hybridized carbons (Fsp3) is 0.333. The molecule has 7 rings (SSSR count). The van der Waals surface area contributed by atoms with Gasteiger partial charge >= 0.3 is 11.4 Å². The number of nitrogens with zero attached hydrogens (tertiary/aromatic N) is 5. The van der Waals surface area contributed by atoms with E-state index < -0.39 is 96.2 Å². The molecule has 19 heteroatoms. The maximum absolute atomic E-state index is 14.7. The van der Waals surface area contributed by atoms with Gasteiger partial charge in [0.15, 0.2) is 15.4 Å². The van der Waals surface area contributed by atoms with Crippen molar-refractivity contribution < 1.29 is 48.0 Å². The van der Waals surface area contributed by atoms with Crippen LogP contribution in [0.2, 0.25) is 0 Å². The SMILES string of the molecule is COc1cc(O)cc(OC)c1[C@H]1C2=CC[C@@H]3C(=O)N(c4cc([N+](=O)[O-])c(N(C)C)c([N+](=O)[O-])c4)C(=O)[C@@H]3[C@@H]2C[C@@]2(Cl)C(=O)N(c3ccc(F)cc3)C(=O)[C@@]12Cl. The number of phenolic OH excluding ortho intramolecular Hbond substituents is 1. The van der Waals surface area contributed by atoms with Crippen LogP contribution in [-0.2, 0) is 19.2 Å². The van der Waals surface area contributed by atoms with Gasteiger partial charge in [-0.2, -0.15) is 0 Å². The maximum Gasteiger partial charge on any atom is 0.301 e. The van der Waals surface area contributed by atoms with E-state index >= 15 is 0 Å². The highest BCUT2D eigenvalue weighted by atomic mass is 35.5. The first-order valence-corrected chi connectivity index (χ1v) is 17.4. The van der Waals surface area contributed by atoms with E-state index in [4.69, 9.17) is 32.7 Å². The van der Waals surface area contributed by atoms with Crippen LogP contribution in [0.1, 0.15) is 24.3 Å². The summed E-state index contributed by atoms with van der Waals surface area (Å²) in [6.45, 7) is 0. The van der Waals surface area contributed by atoms with E-state index in [-0.39, 0.29) is 40.6 Å². The Morgan fingerprint density at radius 2 is 1.42 bits per heavy atom. The molecule has 6 atom stereocenters. The minimum Gasteiger partial charge on any atom is -0.508 e. The highest BCUT2D eigenvalue weighted by Crippen LogP contribution is 2.67. The zero-order valence-corrected chi connectivity index (χ0v) is 30.8. The average molecular weight is 799 g/mol. The van der Waals surface area contributed by atoms with E-state index in [1.165, 1.54) is 57.5 Å². The third-order valence-corrected chi connectivity index (χ3v) is 12.3. The smallest absolute Gasteiger partial charge is 0.301 e. The molecule has 2 heterocycles. The van der Waals surface area contributed by atoms with Crippen LogP contribution < -0.4 is 24.2 Å². The van der Waals surface area contributed by atoms with Gasteiger partial charge < -0.3 is 19.5 Å². The first kappa shape index (κ1) is 37.5. The van der Waals surface area contributed by atoms with Gasteiger partial charge in [-0.25, -0.2) is 14.2 Å². The van der Waals surface area contributed by atoms with Crippen LogP contribution in [0.15, 0.2) is 60.2 Å². The van der Waals surface area contributed by atoms with Crippen molar-refractivity contribution in [2.45, 2.75) is 28.5 Å². The lowest BCUT2D eigenvalue weighted by Gasteiger charge is -2.51. The molecule has 55 heavy (non-hydrogen) atoms. The second-order valence-electron chi connectivity index (χ2n) is 13.8. The van der Waals surface area contributed by atoms with Crippen LogP contribution in [-0.4, -0.2) is 76.6 Å². The number of fused-ring (bicyclic) bond motifs is 4. The molecule has 2 aliphatic heterocycles. The average Bonchev–Trinajstić information content (AvgIpc) is 3.48. The van der Waals surface area contributed by atoms with Crippen molar-refractivity contribution in [1.29, 1.82) is 0 Å². The summed E-state index contributed by atoms with van der Waals surface area (Å²) in [5.41, 5.74) is -1.88. The number of phenols is 1. The molecule has 16 nitrogen and oxygen atoms in total. The molecule has 0 aromatic heterocycles. The Labute approximate surface area is 320 Å². The quantitative estimate of drug-likeness (QED) is 0.103. The van der Waals surface area contributed by atoms with Crippen LogP contribution in [0, 0.1) is 43.8 Å². The van der Waals surface area contributed by atoms with Crippen molar-refractivity contribution in [3.05, 3.63) is 91.8 Å². The minimum absolute atomic E-state index is 0.0268. The number of ether oxygens (including phenoxy) is 2. The lowest BCUT2D eigenvalue weighted by molar-refractivity contribution is -0.392. The van der Waals surface area contributed by atoms with E-state index in [1.807, 2.05) is 0 Å². The molecule has 4 amide bonds. The topological polar surface area (TPSA) is 203 Å². The van der Waals surface area contributed by atoms with Gasteiger partial charge in [0, 0.05) is 49.8 Å². The van der Waals surface area contributed by atoms with Crippen LogP contribution in [0.25, 0.3) is 0 Å². The van der Waals surface area contributed by atoms with E-state index in [1.54, 1.807) is 6.08 Å². The number of nitro benzene ring substituents is 2. The van der Waals surface area contributed by atoms with E-state index in [0.29, 0.717) is 10.5 Å². The summed E-state index contributed by atoms with van der Waals surface area (Å²) in [5, 5.41) is 34.8. The van der Waals surface area contributed by atoms with Crippen LogP contribution in [0.5, 0.6) is 17.2 Å². The van der Waals surface area contributed by atoms with Gasteiger partial charge in [0.1, 0.15) is 23.1 Å². The number of halogens is 3. The summed E-state index contributed by atoms with van der Waals surface area (Å²) in [5.74, 6) is -9.62. The molecule has 2 aliphatic carbocycles. The zero-order valence-electron chi connectivity index (χ0n) is 29.3. The molecular formula is C36H30Cl2FN5O11. The number of allylic oxidation sites excluding steroid dienone is 2. The van der Waals surface area contributed by atoms with Crippen molar-refractivity contribution in [1.82, 2.24) is 0 Å². The van der Waals surface area contributed by atoms with Crippen molar-refractivity contribution in [3.63, 3.8) is 0 Å². The number of rotatable bonds is 8. The minimum atomic E-state index is -2.37. The highest BCUT2D eigenvalue weighted by molar-refractivity contribution is 6.58. The fourth-order valence-electron chi connectivity index (χ4n) is 8.64. The van der Waals surface area contributed by atoms with Crippen LogP contribution >= 0.6 is 23.2 Å². The maximum atomic E-state index is 14.7. The number of amides is 4. The van der Waals surface area contributed by atoms with Crippen molar-refractivity contribution in [2.75, 3.05) is 43.0 Å². The molecule has 1 N–H and O–H groups in total. The number of anilines is 3. The first-order valence-electron chi connectivity index (χ1n) is 16.6. The van der Waals surface area contributed by atoms with E-state index in [2.05, 4.69) is 0 Å². The van der Waals surface area contributed by atoms with Gasteiger partial charge in [-0.15, -0.1) is 23.2 Å². The number of carbonyl (C=O) groups excluding carboxylic acids is 4. The Morgan fingerprint density at radius 1 is 0.855 bits per heavy atom. The van der Waals surface area contributed by atoms with Crippen molar-refractivity contribution in [3.8, 4) is 17.2 Å². The Morgan fingerprint density at radius 3 is 1.93 bits per heavy atom. The standard InChI is InChI=1S/C36H30Cl2FN5O11/c1-40(2)30-23(43(50)51)11-18(12-24(30)44(52)53)41-31(46)21-10-9-20-22(27(21)32(41)47)15-35(37)33(48)42(17-7-5-16(39)6-8-17)34(49)36(35,38)29(20)28-25(54-3)13-19(45)14-26(28)55-4/h5-9,11-14,21-22,27,29,45H,10,15H2,1-4H3/t21-,22+,27-,29+,35+,36-/m0/s1. The van der Waals surface area contributed by atoms with Gasteiger partial charge in [0.25, 0.3) is 11.8 Å². The molecule has 3 aromatic rings. The van der Waals surface area contributed by atoms with E-state index in [0.717, 1.165) is 29.2 Å². The molecule has 1 saturated carbocycles. The fourth-order valence-corrected chi connectivity index (χ4v) is 9.55. The summed E-state index contributed by atoms with van der Waals surface area (Å²) < 4.78 is 25.3. The second kappa shape index (κ2) is 12.9. The number of aromatic hydroxyl groups is 1. The Kier molecular flexibility index (Phi) is 8.80. The third kappa shape index (κ3) is 5.16. The molecule has 2 saturated heterocycles. The van der Waals surface area contributed by atoms with Gasteiger partial charge in [-0.05, 0) is 43.0 Å². The molecule has 0 unspecified atom stereocenters. The molecule has 4 aliphatic rings. The summed E-state index contributed by atoms with van der Waals surface area (Å²) in [4.78, 5) is 78.5.